The third-order valence-electron chi connectivity index (χ3n) is 3.65. The Morgan fingerprint density at radius 2 is 2.47 bits per heavy atom. The summed E-state index contributed by atoms with van der Waals surface area (Å²) in [5.74, 6) is 1.20. The van der Waals surface area contributed by atoms with E-state index in [4.69, 9.17) is 4.74 Å². The van der Waals surface area contributed by atoms with Crippen molar-refractivity contribution in [1.82, 2.24) is 14.7 Å². The van der Waals surface area contributed by atoms with Crippen LogP contribution in [0.25, 0.3) is 5.52 Å². The van der Waals surface area contributed by atoms with E-state index in [0.29, 0.717) is 11.6 Å². The maximum atomic E-state index is 11.8. The van der Waals surface area contributed by atoms with Gasteiger partial charge >= 0.3 is 5.97 Å². The molecule has 2 aromatic heterocycles. The Morgan fingerprint density at radius 3 is 3.21 bits per heavy atom. The van der Waals surface area contributed by atoms with Crippen molar-refractivity contribution in [3.8, 4) is 0 Å². The van der Waals surface area contributed by atoms with Gasteiger partial charge in [-0.15, -0.1) is 0 Å². The fourth-order valence-corrected chi connectivity index (χ4v) is 2.67. The summed E-state index contributed by atoms with van der Waals surface area (Å²) in [6.07, 6.45) is 3.86. The second-order valence-electron chi connectivity index (χ2n) is 4.90. The maximum absolute atomic E-state index is 11.8. The number of methoxy groups -OCH3 is 1. The van der Waals surface area contributed by atoms with E-state index in [1.54, 1.807) is 6.07 Å². The van der Waals surface area contributed by atoms with Crippen molar-refractivity contribution >= 4 is 11.5 Å². The number of esters is 1. The fourth-order valence-electron chi connectivity index (χ4n) is 2.67. The quantitative estimate of drug-likeness (QED) is 0.843. The standard InChI is InChI=1S/C14H17N3O2/c1-19-14(18)12-4-2-3-11-9-16-13(17(11)12)7-10-5-6-15-8-10/h2-4,9-10,15H,5-8H2,1H3. The van der Waals surface area contributed by atoms with Crippen molar-refractivity contribution in [2.24, 2.45) is 5.92 Å². The van der Waals surface area contributed by atoms with Crippen molar-refractivity contribution < 1.29 is 9.53 Å². The van der Waals surface area contributed by atoms with Crippen molar-refractivity contribution in [3.63, 3.8) is 0 Å². The van der Waals surface area contributed by atoms with Crippen LogP contribution in [0.1, 0.15) is 22.7 Å². The zero-order chi connectivity index (χ0) is 13.2. The first-order chi connectivity index (χ1) is 9.29. The molecule has 0 radical (unpaired) electrons. The van der Waals surface area contributed by atoms with E-state index in [-0.39, 0.29) is 5.97 Å². The summed E-state index contributed by atoms with van der Waals surface area (Å²) in [5, 5.41) is 3.35. The number of carbonyl (C=O) groups excluding carboxylic acids is 1. The van der Waals surface area contributed by atoms with Crippen molar-refractivity contribution in [3.05, 3.63) is 35.9 Å². The summed E-state index contributed by atoms with van der Waals surface area (Å²) >= 11 is 0. The minimum absolute atomic E-state index is 0.325. The molecule has 1 aliphatic rings. The summed E-state index contributed by atoms with van der Waals surface area (Å²) in [7, 11) is 1.40. The number of fused-ring (bicyclic) bond motifs is 1. The molecule has 0 bridgehead atoms. The Morgan fingerprint density at radius 1 is 1.58 bits per heavy atom. The molecule has 1 saturated heterocycles. The van der Waals surface area contributed by atoms with E-state index in [1.165, 1.54) is 7.11 Å². The maximum Gasteiger partial charge on any atom is 0.355 e. The topological polar surface area (TPSA) is 55.6 Å². The smallest absolute Gasteiger partial charge is 0.355 e. The van der Waals surface area contributed by atoms with Gasteiger partial charge in [0.1, 0.15) is 11.5 Å². The van der Waals surface area contributed by atoms with Crippen molar-refractivity contribution in [2.45, 2.75) is 12.8 Å². The van der Waals surface area contributed by atoms with Crippen LogP contribution in [0.4, 0.5) is 0 Å². The molecule has 5 nitrogen and oxygen atoms in total. The molecule has 100 valence electrons. The van der Waals surface area contributed by atoms with Gasteiger partial charge in [0.05, 0.1) is 18.8 Å². The predicted octanol–water partition coefficient (Wildman–Crippen LogP) is 1.27. The van der Waals surface area contributed by atoms with Gasteiger partial charge in [0.15, 0.2) is 0 Å². The summed E-state index contributed by atoms with van der Waals surface area (Å²) in [6.45, 7) is 2.09. The molecule has 3 rings (SSSR count). The second-order valence-corrected chi connectivity index (χ2v) is 4.90. The van der Waals surface area contributed by atoms with Gasteiger partial charge in [-0.1, -0.05) is 6.07 Å². The highest BCUT2D eigenvalue weighted by Crippen LogP contribution is 2.18. The van der Waals surface area contributed by atoms with E-state index in [0.717, 1.165) is 37.3 Å². The van der Waals surface area contributed by atoms with Crippen LogP contribution in [0.15, 0.2) is 24.4 Å². The van der Waals surface area contributed by atoms with Gasteiger partial charge in [0.25, 0.3) is 0 Å². The zero-order valence-electron chi connectivity index (χ0n) is 10.9. The molecule has 1 fully saturated rings. The highest BCUT2D eigenvalue weighted by molar-refractivity contribution is 5.88. The number of ether oxygens (including phenoxy) is 1. The van der Waals surface area contributed by atoms with E-state index < -0.39 is 0 Å². The lowest BCUT2D eigenvalue weighted by molar-refractivity contribution is 0.0592. The third kappa shape index (κ3) is 2.21. The predicted molar refractivity (Wildman–Crippen MR) is 71.2 cm³/mol. The fraction of sp³-hybridized carbons (Fsp3) is 0.429. The van der Waals surface area contributed by atoms with Crippen LogP contribution in [-0.2, 0) is 11.2 Å². The number of hydrogen-bond acceptors (Lipinski definition) is 4. The Bertz CT molecular complexity index is 600. The molecule has 5 heteroatoms. The molecule has 0 aliphatic carbocycles. The van der Waals surface area contributed by atoms with Crippen LogP contribution in [0.2, 0.25) is 0 Å². The van der Waals surface area contributed by atoms with Crippen LogP contribution in [-0.4, -0.2) is 35.6 Å². The van der Waals surface area contributed by atoms with Gasteiger partial charge in [0.2, 0.25) is 0 Å². The Balaban J connectivity index is 2.01. The van der Waals surface area contributed by atoms with Crippen LogP contribution in [0, 0.1) is 5.92 Å². The molecular formula is C14H17N3O2. The number of nitrogens with one attached hydrogen (secondary N) is 1. The van der Waals surface area contributed by atoms with Gasteiger partial charge in [-0.2, -0.15) is 0 Å². The molecule has 0 amide bonds. The Hall–Kier alpha value is -1.88. The first-order valence-electron chi connectivity index (χ1n) is 6.54. The Labute approximate surface area is 111 Å². The molecule has 3 heterocycles. The molecule has 0 spiro atoms. The number of pyridine rings is 1. The van der Waals surface area contributed by atoms with Crippen LogP contribution < -0.4 is 5.32 Å². The van der Waals surface area contributed by atoms with Gasteiger partial charge in [0, 0.05) is 6.42 Å². The largest absolute Gasteiger partial charge is 0.464 e. The molecule has 0 aromatic carbocycles. The summed E-state index contributed by atoms with van der Waals surface area (Å²) in [5.41, 5.74) is 1.47. The SMILES string of the molecule is COC(=O)c1cccc2cnc(CC3CCNC3)n12. The van der Waals surface area contributed by atoms with Crippen molar-refractivity contribution in [2.75, 3.05) is 20.2 Å². The molecule has 0 saturated carbocycles. The number of imidazole rings is 1. The summed E-state index contributed by atoms with van der Waals surface area (Å²) in [6, 6.07) is 5.58. The molecular weight excluding hydrogens is 242 g/mol. The lowest BCUT2D eigenvalue weighted by Gasteiger charge is -2.10. The zero-order valence-corrected chi connectivity index (χ0v) is 10.9. The lowest BCUT2D eigenvalue weighted by Crippen LogP contribution is -2.15. The molecule has 1 unspecified atom stereocenters. The average Bonchev–Trinajstić information content (AvgIpc) is 3.08. The van der Waals surface area contributed by atoms with Crippen LogP contribution in [0.3, 0.4) is 0 Å². The number of nitrogens with zero attached hydrogens (tertiary/aromatic N) is 2. The van der Waals surface area contributed by atoms with E-state index >= 15 is 0 Å². The molecule has 2 aromatic rings. The Kier molecular flexibility index (Phi) is 3.21. The minimum atomic E-state index is -0.325. The first-order valence-corrected chi connectivity index (χ1v) is 6.54. The minimum Gasteiger partial charge on any atom is -0.464 e. The normalized spacial score (nSPS) is 18.9. The average molecular weight is 259 g/mol. The molecule has 19 heavy (non-hydrogen) atoms. The number of carbonyl (C=O) groups is 1. The summed E-state index contributed by atoms with van der Waals surface area (Å²) in [4.78, 5) is 16.3. The summed E-state index contributed by atoms with van der Waals surface area (Å²) < 4.78 is 6.75. The highest BCUT2D eigenvalue weighted by Gasteiger charge is 2.19. The number of hydrogen-bond donors (Lipinski definition) is 1. The van der Waals surface area contributed by atoms with Crippen molar-refractivity contribution in [1.29, 1.82) is 0 Å². The third-order valence-corrected chi connectivity index (χ3v) is 3.65. The lowest BCUT2D eigenvalue weighted by atomic mass is 10.0. The van der Waals surface area contributed by atoms with Gasteiger partial charge in [-0.25, -0.2) is 9.78 Å². The van der Waals surface area contributed by atoms with Gasteiger partial charge in [-0.3, -0.25) is 4.40 Å². The first kappa shape index (κ1) is 12.2. The number of rotatable bonds is 3. The van der Waals surface area contributed by atoms with Crippen LogP contribution >= 0.6 is 0 Å². The van der Waals surface area contributed by atoms with Crippen LogP contribution in [0.5, 0.6) is 0 Å². The molecule has 1 atom stereocenters. The van der Waals surface area contributed by atoms with E-state index in [1.807, 2.05) is 22.7 Å². The van der Waals surface area contributed by atoms with E-state index in [9.17, 15) is 4.79 Å². The molecule has 1 aliphatic heterocycles. The molecule has 1 N–H and O–H groups in total. The second kappa shape index (κ2) is 5.01. The van der Waals surface area contributed by atoms with Gasteiger partial charge < -0.3 is 10.1 Å². The van der Waals surface area contributed by atoms with Gasteiger partial charge in [-0.05, 0) is 37.6 Å². The van der Waals surface area contributed by atoms with E-state index in [2.05, 4.69) is 10.3 Å². The number of aromatic nitrogens is 2. The monoisotopic (exact) mass is 259 g/mol. The highest BCUT2D eigenvalue weighted by atomic mass is 16.5.